The van der Waals surface area contributed by atoms with Crippen LogP contribution in [0.15, 0.2) is 64.6 Å². The van der Waals surface area contributed by atoms with E-state index < -0.39 is 5.92 Å². The van der Waals surface area contributed by atoms with E-state index in [-0.39, 0.29) is 24.3 Å². The van der Waals surface area contributed by atoms with E-state index in [1.54, 1.807) is 23.2 Å². The van der Waals surface area contributed by atoms with E-state index in [2.05, 4.69) is 15.3 Å². The lowest BCUT2D eigenvalue weighted by Gasteiger charge is -2.25. The van der Waals surface area contributed by atoms with Crippen LogP contribution in [0.1, 0.15) is 37.7 Å². The molecule has 0 aliphatic carbocycles. The topological polar surface area (TPSA) is 110 Å². The molecule has 2 heterocycles. The maximum Gasteiger partial charge on any atom is 0.242 e. The summed E-state index contributed by atoms with van der Waals surface area (Å²) in [7, 11) is 0. The van der Waals surface area contributed by atoms with Gasteiger partial charge in [-0.25, -0.2) is 9.98 Å². The van der Waals surface area contributed by atoms with Crippen molar-refractivity contribution in [3.8, 4) is 11.9 Å². The smallest absolute Gasteiger partial charge is 0.242 e. The number of aliphatic imine (C=N–C) groups is 2. The Labute approximate surface area is 217 Å². The Balaban J connectivity index is 1.42. The molecule has 1 N–H and O–H groups in total. The molecule has 192 valence electrons. The van der Waals surface area contributed by atoms with Crippen molar-refractivity contribution in [2.45, 2.75) is 38.7 Å². The third kappa shape index (κ3) is 7.64. The molecule has 37 heavy (non-hydrogen) atoms. The number of hydrogen-bond acceptors (Lipinski definition) is 5. The highest BCUT2D eigenvalue weighted by Gasteiger charge is 2.29. The zero-order valence-electron chi connectivity index (χ0n) is 20.9. The number of likely N-dealkylation sites (tertiary alicyclic amines) is 2. The van der Waals surface area contributed by atoms with Gasteiger partial charge < -0.3 is 14.5 Å². The van der Waals surface area contributed by atoms with Crippen LogP contribution in [-0.4, -0.2) is 60.0 Å². The molecule has 0 radical (unpaired) electrons. The first-order chi connectivity index (χ1) is 18.1. The quantitative estimate of drug-likeness (QED) is 0.270. The Morgan fingerprint density at radius 1 is 1.08 bits per heavy atom. The van der Waals surface area contributed by atoms with Gasteiger partial charge in [0.25, 0.3) is 0 Å². The summed E-state index contributed by atoms with van der Waals surface area (Å²) in [6.07, 6.45) is 7.77. The largest absolute Gasteiger partial charge is 0.489 e. The zero-order chi connectivity index (χ0) is 25.9. The molecule has 9 nitrogen and oxygen atoms in total. The number of benzene rings is 2. The maximum absolute atomic E-state index is 13.2. The lowest BCUT2D eigenvalue weighted by molar-refractivity contribution is -0.140. The van der Waals surface area contributed by atoms with Crippen molar-refractivity contribution >= 4 is 29.7 Å². The van der Waals surface area contributed by atoms with Gasteiger partial charge >= 0.3 is 0 Å². The summed E-state index contributed by atoms with van der Waals surface area (Å²) < 4.78 is 5.86. The van der Waals surface area contributed by atoms with Crippen LogP contribution in [0.5, 0.6) is 5.75 Å². The van der Waals surface area contributed by atoms with Gasteiger partial charge in [-0.1, -0.05) is 42.8 Å². The predicted octanol–water partition coefficient (Wildman–Crippen LogP) is 3.65. The van der Waals surface area contributed by atoms with Gasteiger partial charge in [-0.2, -0.15) is 5.26 Å². The summed E-state index contributed by atoms with van der Waals surface area (Å²) in [5.74, 6) is 0.148. The molecule has 4 rings (SSSR count). The number of carbonyl (C=O) groups excluding carboxylic acids is 2. The number of nitriles is 1. The fourth-order valence-electron chi connectivity index (χ4n) is 4.47. The molecule has 0 spiro atoms. The SMILES string of the molecule is N#CNC(=Nc1cccc(OCc2ccccc2)c1)/N=C\C1CCCCN(CC(=O)N2CCCC2)C1=O. The lowest BCUT2D eigenvalue weighted by atomic mass is 10.0. The molecule has 1 atom stereocenters. The van der Waals surface area contributed by atoms with Gasteiger partial charge in [0.05, 0.1) is 18.2 Å². The van der Waals surface area contributed by atoms with Crippen LogP contribution < -0.4 is 10.1 Å². The van der Waals surface area contributed by atoms with Crippen LogP contribution in [-0.2, 0) is 16.2 Å². The van der Waals surface area contributed by atoms with Crippen LogP contribution in [0.25, 0.3) is 0 Å². The van der Waals surface area contributed by atoms with E-state index in [4.69, 9.17) is 4.74 Å². The van der Waals surface area contributed by atoms with Crippen molar-refractivity contribution in [3.63, 3.8) is 0 Å². The Kier molecular flexibility index (Phi) is 9.24. The van der Waals surface area contributed by atoms with Crippen molar-refractivity contribution in [1.29, 1.82) is 5.26 Å². The monoisotopic (exact) mass is 500 g/mol. The number of guanidine groups is 1. The first-order valence-corrected chi connectivity index (χ1v) is 12.7. The average molecular weight is 501 g/mol. The molecule has 2 aromatic rings. The Morgan fingerprint density at radius 3 is 2.65 bits per heavy atom. The van der Waals surface area contributed by atoms with Gasteiger partial charge in [0.15, 0.2) is 6.19 Å². The maximum atomic E-state index is 13.2. The van der Waals surface area contributed by atoms with Crippen molar-refractivity contribution < 1.29 is 14.3 Å². The van der Waals surface area contributed by atoms with Crippen LogP contribution >= 0.6 is 0 Å². The molecule has 2 saturated heterocycles. The Hall–Kier alpha value is -4.19. The normalized spacial score (nSPS) is 18.5. The number of carbonyl (C=O) groups is 2. The number of ether oxygens (including phenoxy) is 1. The summed E-state index contributed by atoms with van der Waals surface area (Å²) in [5, 5.41) is 11.7. The van der Waals surface area contributed by atoms with Crippen molar-refractivity contribution in [1.82, 2.24) is 15.1 Å². The van der Waals surface area contributed by atoms with Crippen molar-refractivity contribution in [2.75, 3.05) is 26.2 Å². The Morgan fingerprint density at radius 2 is 1.86 bits per heavy atom. The molecule has 0 aromatic heterocycles. The molecule has 1 unspecified atom stereocenters. The van der Waals surface area contributed by atoms with Gasteiger partial charge in [-0.05, 0) is 43.4 Å². The first-order valence-electron chi connectivity index (χ1n) is 12.7. The zero-order valence-corrected chi connectivity index (χ0v) is 20.9. The van der Waals surface area contributed by atoms with Gasteiger partial charge in [0, 0.05) is 31.9 Å². The van der Waals surface area contributed by atoms with Gasteiger partial charge in [-0.3, -0.25) is 14.9 Å². The van der Waals surface area contributed by atoms with Crippen LogP contribution in [0.2, 0.25) is 0 Å². The third-order valence-electron chi connectivity index (χ3n) is 6.45. The van der Waals surface area contributed by atoms with E-state index >= 15 is 0 Å². The van der Waals surface area contributed by atoms with E-state index in [1.807, 2.05) is 53.6 Å². The number of nitrogens with zero attached hydrogens (tertiary/aromatic N) is 5. The summed E-state index contributed by atoms with van der Waals surface area (Å²) in [6, 6.07) is 17.1. The number of nitrogens with one attached hydrogen (secondary N) is 1. The van der Waals surface area contributed by atoms with Gasteiger partial charge in [0.2, 0.25) is 17.8 Å². The second-order valence-corrected chi connectivity index (χ2v) is 9.17. The molecule has 2 aliphatic heterocycles. The van der Waals surface area contributed by atoms with Gasteiger partial charge in [0.1, 0.15) is 12.4 Å². The third-order valence-corrected chi connectivity index (χ3v) is 6.45. The Bertz CT molecular complexity index is 1170. The van der Waals surface area contributed by atoms with Gasteiger partial charge in [-0.15, -0.1) is 0 Å². The minimum absolute atomic E-state index is 0.00574. The fraction of sp³-hybridized carbons (Fsp3) is 0.393. The number of rotatable bonds is 7. The average Bonchev–Trinajstić information content (AvgIpc) is 3.41. The second-order valence-electron chi connectivity index (χ2n) is 9.17. The second kappa shape index (κ2) is 13.2. The molecular formula is C28H32N6O3. The number of amides is 2. The summed E-state index contributed by atoms with van der Waals surface area (Å²) in [6.45, 7) is 2.63. The molecule has 0 saturated carbocycles. The van der Waals surface area contributed by atoms with E-state index in [0.29, 0.717) is 31.0 Å². The standard InChI is InChI=1S/C28H32N6O3/c29-21-31-28(32-24-12-8-13-25(17-24)37-20-22-9-2-1-3-10-22)30-18-23-11-4-5-16-34(27(23)36)19-26(35)33-14-6-7-15-33/h1-3,8-10,12-13,17-18,23H,4-7,11,14-16,19-20H2,(H,31,32)/b30-18-. The highest BCUT2D eigenvalue weighted by Crippen LogP contribution is 2.22. The number of hydrogen-bond donors (Lipinski definition) is 1. The molecule has 2 amide bonds. The minimum atomic E-state index is -0.472. The summed E-state index contributed by atoms with van der Waals surface area (Å²) >= 11 is 0. The lowest BCUT2D eigenvalue weighted by Crippen LogP contribution is -2.44. The van der Waals surface area contributed by atoms with Crippen LogP contribution in [0.4, 0.5) is 5.69 Å². The summed E-state index contributed by atoms with van der Waals surface area (Å²) in [4.78, 5) is 38.1. The van der Waals surface area contributed by atoms with Crippen molar-refractivity contribution in [3.05, 3.63) is 60.2 Å². The van der Waals surface area contributed by atoms with E-state index in [0.717, 1.165) is 44.3 Å². The molecule has 9 heteroatoms. The van der Waals surface area contributed by atoms with Crippen LogP contribution in [0.3, 0.4) is 0 Å². The molecular weight excluding hydrogens is 468 g/mol. The highest BCUT2D eigenvalue weighted by atomic mass is 16.5. The fourth-order valence-corrected chi connectivity index (χ4v) is 4.47. The minimum Gasteiger partial charge on any atom is -0.489 e. The van der Waals surface area contributed by atoms with Crippen molar-refractivity contribution in [2.24, 2.45) is 15.9 Å². The van der Waals surface area contributed by atoms with E-state index in [9.17, 15) is 14.9 Å². The first kappa shape index (κ1) is 25.9. The van der Waals surface area contributed by atoms with Crippen LogP contribution in [0, 0.1) is 17.4 Å². The molecule has 2 fully saturated rings. The highest BCUT2D eigenvalue weighted by molar-refractivity contribution is 6.00. The summed E-state index contributed by atoms with van der Waals surface area (Å²) in [5.41, 5.74) is 1.61. The van der Waals surface area contributed by atoms with E-state index in [1.165, 1.54) is 0 Å². The molecule has 2 aromatic carbocycles. The predicted molar refractivity (Wildman–Crippen MR) is 141 cm³/mol. The molecule has 2 aliphatic rings. The molecule has 0 bridgehead atoms.